The summed E-state index contributed by atoms with van der Waals surface area (Å²) >= 11 is 0. The Bertz CT molecular complexity index is 1490. The van der Waals surface area contributed by atoms with E-state index in [-0.39, 0.29) is 17.5 Å². The molecule has 1 radical (unpaired) electrons. The molecule has 0 spiro atoms. The molecular formula is C29H34F3N8O. The highest BCUT2D eigenvalue weighted by molar-refractivity contribution is 5.90. The van der Waals surface area contributed by atoms with Crippen LogP contribution in [0.4, 0.5) is 13.2 Å². The van der Waals surface area contributed by atoms with Gasteiger partial charge in [0.15, 0.2) is 0 Å². The quantitative estimate of drug-likeness (QED) is 0.317. The molecule has 4 aromatic rings. The molecule has 12 heteroatoms. The van der Waals surface area contributed by atoms with Crippen LogP contribution in [-0.4, -0.2) is 65.4 Å². The van der Waals surface area contributed by atoms with Crippen LogP contribution in [0.3, 0.4) is 0 Å². The van der Waals surface area contributed by atoms with E-state index in [0.29, 0.717) is 18.2 Å². The number of aromatic amines is 1. The van der Waals surface area contributed by atoms with Crippen LogP contribution in [0.25, 0.3) is 22.3 Å². The van der Waals surface area contributed by atoms with Crippen molar-refractivity contribution in [2.24, 2.45) is 0 Å². The monoisotopic (exact) mass is 567 g/mol. The maximum Gasteiger partial charge on any atom is 0.433 e. The average Bonchev–Trinajstić information content (AvgIpc) is 3.57. The van der Waals surface area contributed by atoms with Crippen LogP contribution in [0.2, 0.25) is 0 Å². The van der Waals surface area contributed by atoms with Crippen molar-refractivity contribution in [3.8, 4) is 17.1 Å². The van der Waals surface area contributed by atoms with Crippen molar-refractivity contribution >= 4 is 11.0 Å². The molecule has 4 aromatic heterocycles. The maximum absolute atomic E-state index is 13.5. The first-order valence-corrected chi connectivity index (χ1v) is 13.9. The largest absolute Gasteiger partial charge is 0.474 e. The maximum atomic E-state index is 13.5. The summed E-state index contributed by atoms with van der Waals surface area (Å²) in [6.45, 7) is 7.88. The summed E-state index contributed by atoms with van der Waals surface area (Å²) in [6, 6.07) is 6.36. The molecule has 1 aliphatic carbocycles. The molecule has 2 N–H and O–H groups in total. The van der Waals surface area contributed by atoms with Crippen LogP contribution in [0.1, 0.15) is 57.7 Å². The zero-order chi connectivity index (χ0) is 28.8. The molecule has 6 rings (SSSR count). The Morgan fingerprint density at radius 2 is 1.88 bits per heavy atom. The predicted octanol–water partition coefficient (Wildman–Crippen LogP) is 5.21. The fraction of sp³-hybridized carbons (Fsp3) is 0.483. The number of halogens is 3. The van der Waals surface area contributed by atoms with Gasteiger partial charge in [-0.1, -0.05) is 0 Å². The smallest absolute Gasteiger partial charge is 0.433 e. The number of fused-ring (bicyclic) bond motifs is 1. The SMILES string of the molecule is CC(C)(C)NCc1cc(OC2CCN(C3C[C](n4cc(-c5ncnc6[nH]ccc56)cn4)C3)CC2)nc(C(F)(F)F)c1. The third-order valence-corrected chi connectivity index (χ3v) is 7.73. The highest BCUT2D eigenvalue weighted by Crippen LogP contribution is 2.37. The van der Waals surface area contributed by atoms with E-state index in [1.165, 1.54) is 6.04 Å². The molecule has 0 atom stereocenters. The van der Waals surface area contributed by atoms with E-state index in [0.717, 1.165) is 67.1 Å². The summed E-state index contributed by atoms with van der Waals surface area (Å²) in [7, 11) is 0. The number of hydrogen-bond acceptors (Lipinski definition) is 7. The molecule has 1 aliphatic heterocycles. The van der Waals surface area contributed by atoms with Gasteiger partial charge < -0.3 is 15.0 Å². The Hall–Kier alpha value is -3.51. The molecule has 0 bridgehead atoms. The first-order chi connectivity index (χ1) is 19.5. The Kier molecular flexibility index (Phi) is 7.23. The van der Waals surface area contributed by atoms with Gasteiger partial charge in [0.2, 0.25) is 5.88 Å². The van der Waals surface area contributed by atoms with E-state index in [2.05, 4.69) is 35.3 Å². The number of aromatic nitrogens is 6. The van der Waals surface area contributed by atoms with Crippen LogP contribution < -0.4 is 10.1 Å². The van der Waals surface area contributed by atoms with Gasteiger partial charge in [0.1, 0.15) is 23.8 Å². The summed E-state index contributed by atoms with van der Waals surface area (Å²) < 4.78 is 48.5. The van der Waals surface area contributed by atoms with Gasteiger partial charge in [0.25, 0.3) is 0 Å². The number of H-pyrrole nitrogens is 1. The zero-order valence-corrected chi connectivity index (χ0v) is 23.4. The number of pyridine rings is 1. The van der Waals surface area contributed by atoms with E-state index in [1.54, 1.807) is 12.4 Å². The zero-order valence-electron chi connectivity index (χ0n) is 23.4. The van der Waals surface area contributed by atoms with Gasteiger partial charge in [0.05, 0.1) is 17.9 Å². The van der Waals surface area contributed by atoms with E-state index in [4.69, 9.17) is 4.74 Å². The van der Waals surface area contributed by atoms with Gasteiger partial charge in [-0.15, -0.1) is 0 Å². The standard InChI is InChI=1S/C29H34F3N8O/c1-28(2,3)36-14-18-10-24(29(30,31)32)38-25(11-18)41-22-5-8-39(9-6-22)20-12-21(13-20)40-16-19(15-37-40)26-23-4-7-33-27(23)35-17-34-26/h4,7,10-11,15-17,20,22,36H,5-6,8-9,12-14H2,1-3H3,(H,33,34,35). The fourth-order valence-corrected chi connectivity index (χ4v) is 5.41. The molecule has 1 saturated carbocycles. The number of nitrogens with one attached hydrogen (secondary N) is 2. The van der Waals surface area contributed by atoms with Crippen LogP contribution in [-0.2, 0) is 12.7 Å². The summed E-state index contributed by atoms with van der Waals surface area (Å²) in [6.07, 6.45) is 5.90. The lowest BCUT2D eigenvalue weighted by Crippen LogP contribution is -2.50. The first-order valence-electron chi connectivity index (χ1n) is 13.9. The van der Waals surface area contributed by atoms with Crippen molar-refractivity contribution in [2.75, 3.05) is 13.1 Å². The highest BCUT2D eigenvalue weighted by Gasteiger charge is 2.38. The minimum absolute atomic E-state index is 0.0401. The Morgan fingerprint density at radius 3 is 2.61 bits per heavy atom. The lowest BCUT2D eigenvalue weighted by Gasteiger charge is -2.45. The van der Waals surface area contributed by atoms with Gasteiger partial charge in [-0.25, -0.2) is 15.0 Å². The summed E-state index contributed by atoms with van der Waals surface area (Å²) in [4.78, 5) is 18.1. The number of hydrogen-bond donors (Lipinski definition) is 2. The molecule has 0 aromatic carbocycles. The second kappa shape index (κ2) is 10.7. The van der Waals surface area contributed by atoms with Crippen LogP contribution >= 0.6 is 0 Å². The van der Waals surface area contributed by atoms with Crippen molar-refractivity contribution in [1.29, 1.82) is 0 Å². The molecule has 5 heterocycles. The van der Waals surface area contributed by atoms with E-state index >= 15 is 0 Å². The van der Waals surface area contributed by atoms with Gasteiger partial charge in [-0.3, -0.25) is 9.58 Å². The van der Waals surface area contributed by atoms with Crippen LogP contribution in [0.5, 0.6) is 5.88 Å². The van der Waals surface area contributed by atoms with Crippen molar-refractivity contribution in [3.63, 3.8) is 0 Å². The third kappa shape index (κ3) is 6.23. The highest BCUT2D eigenvalue weighted by atomic mass is 19.4. The average molecular weight is 568 g/mol. The fourth-order valence-electron chi connectivity index (χ4n) is 5.41. The molecule has 217 valence electrons. The first kappa shape index (κ1) is 27.6. The molecular weight excluding hydrogens is 533 g/mol. The van der Waals surface area contributed by atoms with Crippen molar-refractivity contribution in [2.45, 2.75) is 76.9 Å². The Labute approximate surface area is 236 Å². The predicted molar refractivity (Wildman–Crippen MR) is 148 cm³/mol. The molecule has 41 heavy (non-hydrogen) atoms. The minimum Gasteiger partial charge on any atom is -0.474 e. The number of likely N-dealkylation sites (tertiary alicyclic amines) is 1. The Balaban J connectivity index is 1.02. The van der Waals surface area contributed by atoms with Gasteiger partial charge >= 0.3 is 6.18 Å². The number of rotatable bonds is 7. The number of piperidine rings is 1. The van der Waals surface area contributed by atoms with Crippen molar-refractivity contribution in [1.82, 2.24) is 39.9 Å². The molecule has 0 amide bonds. The van der Waals surface area contributed by atoms with Crippen LogP contribution in [0.15, 0.2) is 43.1 Å². The molecule has 2 fully saturated rings. The minimum atomic E-state index is -4.53. The summed E-state index contributed by atoms with van der Waals surface area (Å²) in [5.74, 6) is 0.0401. The molecule has 9 nitrogen and oxygen atoms in total. The second-order valence-corrected chi connectivity index (χ2v) is 11.9. The van der Waals surface area contributed by atoms with E-state index < -0.39 is 11.9 Å². The van der Waals surface area contributed by atoms with E-state index in [1.807, 2.05) is 50.1 Å². The lowest BCUT2D eigenvalue weighted by molar-refractivity contribution is -0.141. The van der Waals surface area contributed by atoms with Gasteiger partial charge in [0, 0.05) is 60.6 Å². The van der Waals surface area contributed by atoms with Gasteiger partial charge in [-0.05, 0) is 64.2 Å². The van der Waals surface area contributed by atoms with Crippen LogP contribution in [0, 0.1) is 6.04 Å². The summed E-state index contributed by atoms with van der Waals surface area (Å²) in [5, 5.41) is 8.78. The van der Waals surface area contributed by atoms with Gasteiger partial charge in [-0.2, -0.15) is 18.3 Å². The summed E-state index contributed by atoms with van der Waals surface area (Å²) in [5.41, 5.74) is 1.97. The lowest BCUT2D eigenvalue weighted by atomic mass is 9.84. The van der Waals surface area contributed by atoms with Crippen molar-refractivity contribution < 1.29 is 17.9 Å². The molecule has 1 saturated heterocycles. The Morgan fingerprint density at radius 1 is 1.10 bits per heavy atom. The number of nitrogens with zero attached hydrogens (tertiary/aromatic N) is 6. The van der Waals surface area contributed by atoms with Crippen molar-refractivity contribution in [3.05, 3.63) is 60.4 Å². The third-order valence-electron chi connectivity index (χ3n) is 7.73. The molecule has 2 aliphatic rings. The topological polar surface area (TPSA) is 96.8 Å². The normalized spacial score (nSPS) is 18.2. The van der Waals surface area contributed by atoms with E-state index in [9.17, 15) is 13.2 Å². The number of alkyl halides is 3. The molecule has 0 unspecified atom stereocenters. The second-order valence-electron chi connectivity index (χ2n) is 11.9. The number of ether oxygens (including phenoxy) is 1.